The fourth-order valence-electron chi connectivity index (χ4n) is 4.91. The molecule has 1 fully saturated rings. The fourth-order valence-corrected chi connectivity index (χ4v) is 6.56. The Morgan fingerprint density at radius 3 is 2.31 bits per heavy atom. The Hall–Kier alpha value is -3.56. The van der Waals surface area contributed by atoms with Gasteiger partial charge >= 0.3 is 15.6 Å². The summed E-state index contributed by atoms with van der Waals surface area (Å²) in [5.41, 5.74) is -6.42. The lowest BCUT2D eigenvalue weighted by molar-refractivity contribution is -0.0500. The van der Waals surface area contributed by atoms with Crippen LogP contribution in [-0.2, 0) is 16.0 Å². The van der Waals surface area contributed by atoms with Crippen LogP contribution in [0.2, 0.25) is 0 Å². The molecule has 6 nitrogen and oxygen atoms in total. The highest BCUT2D eigenvalue weighted by molar-refractivity contribution is 7.88. The van der Waals surface area contributed by atoms with Crippen LogP contribution in [0, 0.1) is 5.82 Å². The maximum atomic E-state index is 14.6. The van der Waals surface area contributed by atoms with Gasteiger partial charge in [-0.05, 0) is 67.4 Å². The molecule has 3 aromatic carbocycles. The van der Waals surface area contributed by atoms with Crippen molar-refractivity contribution in [1.82, 2.24) is 4.90 Å². The van der Waals surface area contributed by atoms with E-state index in [4.69, 9.17) is 9.47 Å². The van der Waals surface area contributed by atoms with Crippen molar-refractivity contribution in [3.05, 3.63) is 72.0 Å². The Kier molecular flexibility index (Phi) is 9.25. The van der Waals surface area contributed by atoms with Crippen molar-refractivity contribution in [2.45, 2.75) is 37.3 Å². The molecule has 1 atom stereocenters. The Morgan fingerprint density at radius 2 is 1.64 bits per heavy atom. The quantitative estimate of drug-likeness (QED) is 0.0900. The summed E-state index contributed by atoms with van der Waals surface area (Å²) in [6, 6.07) is 12.5. The van der Waals surface area contributed by atoms with E-state index in [-0.39, 0.29) is 44.8 Å². The molecule has 2 heterocycles. The number of fused-ring (bicyclic) bond motifs is 1. The number of rotatable bonds is 11. The number of alkyl halides is 6. The zero-order valence-corrected chi connectivity index (χ0v) is 25.2. The van der Waals surface area contributed by atoms with Crippen molar-refractivity contribution in [3.63, 3.8) is 0 Å². The number of hydrogen-bond acceptors (Lipinski definition) is 7. The first-order valence-electron chi connectivity index (χ1n) is 13.6. The summed E-state index contributed by atoms with van der Waals surface area (Å²) >= 11 is 0.821. The monoisotopic (exact) mass is 677 g/mol. The van der Waals surface area contributed by atoms with E-state index in [0.29, 0.717) is 38.2 Å². The molecule has 1 saturated heterocycles. The van der Waals surface area contributed by atoms with E-state index in [0.717, 1.165) is 48.6 Å². The summed E-state index contributed by atoms with van der Waals surface area (Å²) in [6.07, 6.45) is 1.13. The van der Waals surface area contributed by atoms with Gasteiger partial charge in [-0.1, -0.05) is 6.07 Å². The highest BCUT2D eigenvalue weighted by atomic mass is 32.2. The third kappa shape index (κ3) is 7.47. The first-order chi connectivity index (χ1) is 21.1. The first kappa shape index (κ1) is 32.8. The van der Waals surface area contributed by atoms with Crippen LogP contribution in [0.3, 0.4) is 0 Å². The molecule has 4 aromatic rings. The molecule has 0 bridgehead atoms. The Labute approximate surface area is 258 Å². The van der Waals surface area contributed by atoms with Gasteiger partial charge in [0.1, 0.15) is 29.2 Å². The first-order valence-corrected chi connectivity index (χ1v) is 15.9. The van der Waals surface area contributed by atoms with Crippen LogP contribution in [0.5, 0.6) is 23.0 Å². The van der Waals surface area contributed by atoms with Crippen LogP contribution >= 0.6 is 11.3 Å². The van der Waals surface area contributed by atoms with Crippen molar-refractivity contribution < 1.29 is 52.8 Å². The van der Waals surface area contributed by atoms with Crippen LogP contribution < -0.4 is 13.7 Å². The number of thiophene rings is 1. The number of halogens is 7. The standard InChI is InChI=1S/C30H26F7NO5S2/c1-29(33,34)25-15-18(32)3-9-23(25)28-27(24-10-8-21(16-26(24)44-28)43-45(39,40)30(35,36)37)42-20-6-4-19(5-7-20)41-22-11-14-38(17-22)13-2-12-31/h3-10,15-16,22H,2,11-14,17H2,1H3/t22-/m0/s1. The molecule has 0 aliphatic carbocycles. The van der Waals surface area contributed by atoms with E-state index in [2.05, 4.69) is 9.08 Å². The average Bonchev–Trinajstić information content (AvgIpc) is 3.55. The second-order valence-corrected chi connectivity index (χ2v) is 13.0. The summed E-state index contributed by atoms with van der Waals surface area (Å²) in [5.74, 6) is -4.22. The minimum atomic E-state index is -5.97. The topological polar surface area (TPSA) is 65.1 Å². The molecule has 15 heteroatoms. The zero-order chi connectivity index (χ0) is 32.6. The molecule has 0 spiro atoms. The number of hydrogen-bond donors (Lipinski definition) is 0. The minimum Gasteiger partial charge on any atom is -0.489 e. The van der Waals surface area contributed by atoms with Gasteiger partial charge in [0.2, 0.25) is 0 Å². The van der Waals surface area contributed by atoms with Crippen LogP contribution in [0.1, 0.15) is 25.3 Å². The van der Waals surface area contributed by atoms with E-state index < -0.39 is 38.7 Å². The van der Waals surface area contributed by atoms with Crippen molar-refractivity contribution in [2.75, 3.05) is 26.3 Å². The molecule has 45 heavy (non-hydrogen) atoms. The maximum Gasteiger partial charge on any atom is 0.534 e. The minimum absolute atomic E-state index is 0.0327. The van der Waals surface area contributed by atoms with Gasteiger partial charge in [-0.15, -0.1) is 11.3 Å². The lowest BCUT2D eigenvalue weighted by Gasteiger charge is -2.17. The molecule has 1 aromatic heterocycles. The van der Waals surface area contributed by atoms with Crippen molar-refractivity contribution in [2.24, 2.45) is 0 Å². The SMILES string of the molecule is CC(F)(F)c1cc(F)ccc1-c1sc2cc(OS(=O)(=O)C(F)(F)F)ccc2c1Oc1ccc(O[C@H]2CCN(CCCF)C2)cc1. The normalized spacial score (nSPS) is 16.3. The van der Waals surface area contributed by atoms with Gasteiger partial charge < -0.3 is 13.7 Å². The van der Waals surface area contributed by atoms with Crippen LogP contribution in [0.4, 0.5) is 30.7 Å². The Bertz CT molecular complexity index is 1770. The van der Waals surface area contributed by atoms with E-state index in [9.17, 15) is 39.2 Å². The number of nitrogens with zero attached hydrogens (tertiary/aromatic N) is 1. The maximum absolute atomic E-state index is 14.6. The molecule has 0 saturated carbocycles. The molecule has 0 amide bonds. The van der Waals surface area contributed by atoms with E-state index in [1.165, 1.54) is 6.07 Å². The van der Waals surface area contributed by atoms with E-state index in [1.807, 2.05) is 0 Å². The lowest BCUT2D eigenvalue weighted by Crippen LogP contribution is -2.27. The molecular weight excluding hydrogens is 651 g/mol. The van der Waals surface area contributed by atoms with Gasteiger partial charge in [0, 0.05) is 47.8 Å². The third-order valence-corrected chi connectivity index (χ3v) is 9.13. The van der Waals surface area contributed by atoms with E-state index >= 15 is 0 Å². The highest BCUT2D eigenvalue weighted by Gasteiger charge is 2.48. The predicted octanol–water partition coefficient (Wildman–Crippen LogP) is 8.65. The molecule has 0 radical (unpaired) electrons. The van der Waals surface area contributed by atoms with Gasteiger partial charge in [0.25, 0.3) is 5.92 Å². The molecule has 242 valence electrons. The molecule has 5 rings (SSSR count). The second-order valence-electron chi connectivity index (χ2n) is 10.4. The summed E-state index contributed by atoms with van der Waals surface area (Å²) in [5, 5.41) is 0.251. The van der Waals surface area contributed by atoms with Crippen LogP contribution in [0.25, 0.3) is 20.5 Å². The molecule has 0 N–H and O–H groups in total. The number of likely N-dealkylation sites (tertiary alicyclic amines) is 1. The predicted molar refractivity (Wildman–Crippen MR) is 155 cm³/mol. The third-order valence-electron chi connectivity index (χ3n) is 6.99. The molecule has 1 aliphatic heterocycles. The van der Waals surface area contributed by atoms with Crippen molar-refractivity contribution in [3.8, 4) is 33.4 Å². The zero-order valence-electron chi connectivity index (χ0n) is 23.5. The molecule has 0 unspecified atom stereocenters. The van der Waals surface area contributed by atoms with Crippen LogP contribution in [0.15, 0.2) is 60.7 Å². The van der Waals surface area contributed by atoms with Crippen molar-refractivity contribution >= 4 is 31.5 Å². The summed E-state index contributed by atoms with van der Waals surface area (Å²) in [6.45, 7) is 2.29. The van der Waals surface area contributed by atoms with Gasteiger partial charge in [-0.2, -0.15) is 21.6 Å². The van der Waals surface area contributed by atoms with Crippen LogP contribution in [-0.4, -0.2) is 51.2 Å². The lowest BCUT2D eigenvalue weighted by atomic mass is 10.00. The van der Waals surface area contributed by atoms with Gasteiger partial charge in [0.15, 0.2) is 5.75 Å². The largest absolute Gasteiger partial charge is 0.534 e. The highest BCUT2D eigenvalue weighted by Crippen LogP contribution is 2.50. The average molecular weight is 678 g/mol. The van der Waals surface area contributed by atoms with Gasteiger partial charge in [-0.3, -0.25) is 9.29 Å². The second kappa shape index (κ2) is 12.7. The smallest absolute Gasteiger partial charge is 0.489 e. The number of ether oxygens (including phenoxy) is 2. The van der Waals surface area contributed by atoms with Crippen molar-refractivity contribution in [1.29, 1.82) is 0 Å². The van der Waals surface area contributed by atoms with E-state index in [1.54, 1.807) is 24.3 Å². The summed E-state index contributed by atoms with van der Waals surface area (Å²) in [7, 11) is -5.97. The molecule has 1 aliphatic rings. The summed E-state index contributed by atoms with van der Waals surface area (Å²) < 4.78 is 134. The summed E-state index contributed by atoms with van der Waals surface area (Å²) in [4.78, 5) is 2.21. The van der Waals surface area contributed by atoms with Gasteiger partial charge in [-0.25, -0.2) is 13.2 Å². The number of benzene rings is 3. The van der Waals surface area contributed by atoms with Gasteiger partial charge in [0.05, 0.1) is 11.6 Å². The Balaban J connectivity index is 1.49. The fraction of sp³-hybridized carbons (Fsp3) is 0.333. The Morgan fingerprint density at radius 1 is 0.956 bits per heavy atom. The molecular formula is C30H26F7NO5S2.